The summed E-state index contributed by atoms with van der Waals surface area (Å²) in [5.74, 6) is 0.564. The number of aliphatic hydroxyl groups is 1. The Kier molecular flexibility index (Phi) is 8.28. The molecule has 6 nitrogen and oxygen atoms in total. The van der Waals surface area contributed by atoms with Crippen LogP contribution in [0.1, 0.15) is 36.8 Å². The van der Waals surface area contributed by atoms with Crippen LogP contribution in [-0.4, -0.2) is 35.1 Å². The second-order valence-electron chi connectivity index (χ2n) is 7.77. The highest BCUT2D eigenvalue weighted by atomic mass is 32.1. The minimum Gasteiger partial charge on any atom is -0.494 e. The van der Waals surface area contributed by atoms with E-state index in [9.17, 15) is 18.3 Å². The molecule has 0 saturated heterocycles. The molecule has 0 fully saturated rings. The molecular formula is C23H26F3N3O3S. The van der Waals surface area contributed by atoms with E-state index in [2.05, 4.69) is 10.2 Å². The number of nitrogens with two attached hydrogens (primary N) is 1. The van der Waals surface area contributed by atoms with Crippen LogP contribution >= 0.6 is 11.3 Å². The zero-order valence-corrected chi connectivity index (χ0v) is 19.0. The second-order valence-corrected chi connectivity index (χ2v) is 8.74. The van der Waals surface area contributed by atoms with E-state index in [0.717, 1.165) is 36.0 Å². The standard InChI is InChI=1S/C23H26F3N3O3S/c1-22(27,15-30)21-29-28-20(33-21)16-10-11-19(18(14-16)23(24,25)26)32-13-7-3-6-12-31-17-8-4-2-5-9-17/h2,4-5,8-11,14,30H,3,6-7,12-13,15,27H2,1H3/t22-/m0/s1. The number of halogens is 3. The molecule has 0 radical (unpaired) electrons. The lowest BCUT2D eigenvalue weighted by Gasteiger charge is -2.17. The summed E-state index contributed by atoms with van der Waals surface area (Å²) in [6.07, 6.45) is -2.44. The van der Waals surface area contributed by atoms with Gasteiger partial charge in [0.15, 0.2) is 0 Å². The van der Waals surface area contributed by atoms with E-state index in [1.54, 1.807) is 6.92 Å². The van der Waals surface area contributed by atoms with Crippen molar-refractivity contribution in [3.8, 4) is 22.1 Å². The van der Waals surface area contributed by atoms with E-state index in [4.69, 9.17) is 15.2 Å². The highest BCUT2D eigenvalue weighted by Gasteiger charge is 2.35. The van der Waals surface area contributed by atoms with Crippen LogP contribution < -0.4 is 15.2 Å². The third-order valence-electron chi connectivity index (χ3n) is 4.83. The zero-order chi connectivity index (χ0) is 23.9. The molecule has 0 spiro atoms. The lowest BCUT2D eigenvalue weighted by molar-refractivity contribution is -0.138. The van der Waals surface area contributed by atoms with Gasteiger partial charge in [-0.25, -0.2) is 0 Å². The average molecular weight is 482 g/mol. The smallest absolute Gasteiger partial charge is 0.419 e. The topological polar surface area (TPSA) is 90.5 Å². The first kappa shape index (κ1) is 24.9. The minimum absolute atomic E-state index is 0.165. The summed E-state index contributed by atoms with van der Waals surface area (Å²) in [6, 6.07) is 13.2. The fourth-order valence-corrected chi connectivity index (χ4v) is 3.81. The van der Waals surface area contributed by atoms with Gasteiger partial charge >= 0.3 is 6.18 Å². The first-order valence-corrected chi connectivity index (χ1v) is 11.3. The molecule has 2 aromatic carbocycles. The first-order valence-electron chi connectivity index (χ1n) is 10.5. The number of hydrogen-bond donors (Lipinski definition) is 2. The summed E-state index contributed by atoms with van der Waals surface area (Å²) in [6.45, 7) is 1.91. The normalized spacial score (nSPS) is 13.5. The number of aromatic nitrogens is 2. The Bertz CT molecular complexity index is 1030. The highest BCUT2D eigenvalue weighted by Crippen LogP contribution is 2.39. The molecule has 0 unspecified atom stereocenters. The minimum atomic E-state index is -4.59. The molecule has 3 aromatic rings. The summed E-state index contributed by atoms with van der Waals surface area (Å²) < 4.78 is 52.0. The van der Waals surface area contributed by atoms with Crippen LogP contribution in [0.25, 0.3) is 10.6 Å². The summed E-state index contributed by atoms with van der Waals surface area (Å²) in [4.78, 5) is 0. The van der Waals surface area contributed by atoms with Crippen LogP contribution in [0.3, 0.4) is 0 Å². The molecule has 0 aliphatic rings. The van der Waals surface area contributed by atoms with Crippen molar-refractivity contribution in [3.05, 3.63) is 59.1 Å². The number of nitrogens with zero attached hydrogens (tertiary/aromatic N) is 2. The fraction of sp³-hybridized carbons (Fsp3) is 0.391. The predicted octanol–water partition coefficient (Wildman–Crippen LogP) is 5.02. The molecular weight excluding hydrogens is 455 g/mol. The van der Waals surface area contributed by atoms with Crippen LogP contribution in [0, 0.1) is 0 Å². The van der Waals surface area contributed by atoms with E-state index >= 15 is 0 Å². The largest absolute Gasteiger partial charge is 0.494 e. The molecule has 1 aromatic heterocycles. The Labute approximate surface area is 194 Å². The number of rotatable bonds is 11. The zero-order valence-electron chi connectivity index (χ0n) is 18.1. The van der Waals surface area contributed by atoms with Crippen LogP contribution in [0.15, 0.2) is 48.5 Å². The Hall–Kier alpha value is -2.69. The second kappa shape index (κ2) is 11.0. The van der Waals surface area contributed by atoms with Gasteiger partial charge in [-0.05, 0) is 56.5 Å². The van der Waals surface area contributed by atoms with Gasteiger partial charge in [0.25, 0.3) is 0 Å². The maximum atomic E-state index is 13.6. The number of ether oxygens (including phenoxy) is 2. The van der Waals surface area contributed by atoms with Crippen LogP contribution in [0.2, 0.25) is 0 Å². The maximum Gasteiger partial charge on any atom is 0.419 e. The van der Waals surface area contributed by atoms with E-state index in [1.165, 1.54) is 12.1 Å². The number of benzene rings is 2. The Morgan fingerprint density at radius 3 is 2.33 bits per heavy atom. The SMILES string of the molecule is C[C@](N)(CO)c1nnc(-c2ccc(OCCCCCOc3ccccc3)c(C(F)(F)F)c2)s1. The third-order valence-corrected chi connectivity index (χ3v) is 6.08. The van der Waals surface area contributed by atoms with Crippen molar-refractivity contribution in [1.82, 2.24) is 10.2 Å². The molecule has 0 aliphatic heterocycles. The number of para-hydroxylation sites is 1. The average Bonchev–Trinajstić information content (AvgIpc) is 3.30. The number of aliphatic hydroxyl groups excluding tert-OH is 1. The van der Waals surface area contributed by atoms with E-state index in [0.29, 0.717) is 18.0 Å². The summed E-state index contributed by atoms with van der Waals surface area (Å²) in [5, 5.41) is 17.8. The summed E-state index contributed by atoms with van der Waals surface area (Å²) in [7, 11) is 0. The van der Waals surface area contributed by atoms with Crippen molar-refractivity contribution < 1.29 is 27.8 Å². The number of hydrogen-bond acceptors (Lipinski definition) is 7. The van der Waals surface area contributed by atoms with Crippen molar-refractivity contribution >= 4 is 11.3 Å². The Balaban J connectivity index is 1.57. The van der Waals surface area contributed by atoms with Gasteiger partial charge in [-0.2, -0.15) is 13.2 Å². The molecule has 0 aliphatic carbocycles. The molecule has 0 amide bonds. The Morgan fingerprint density at radius 1 is 0.970 bits per heavy atom. The molecule has 3 rings (SSSR count). The van der Waals surface area contributed by atoms with Gasteiger partial charge in [0, 0.05) is 5.56 Å². The van der Waals surface area contributed by atoms with Gasteiger partial charge in [-0.3, -0.25) is 0 Å². The van der Waals surface area contributed by atoms with Gasteiger partial charge in [-0.15, -0.1) is 10.2 Å². The van der Waals surface area contributed by atoms with Crippen LogP contribution in [0.4, 0.5) is 13.2 Å². The van der Waals surface area contributed by atoms with Gasteiger partial charge in [0.2, 0.25) is 0 Å². The lowest BCUT2D eigenvalue weighted by Crippen LogP contribution is -2.36. The van der Waals surface area contributed by atoms with Crippen molar-refractivity contribution in [2.24, 2.45) is 5.73 Å². The van der Waals surface area contributed by atoms with Crippen molar-refractivity contribution in [2.75, 3.05) is 19.8 Å². The third kappa shape index (κ3) is 6.89. The molecule has 1 atom stereocenters. The lowest BCUT2D eigenvalue weighted by atomic mass is 10.1. The van der Waals surface area contributed by atoms with Crippen LogP contribution in [0.5, 0.6) is 11.5 Å². The molecule has 0 bridgehead atoms. The molecule has 3 N–H and O–H groups in total. The van der Waals surface area contributed by atoms with E-state index in [-0.39, 0.29) is 29.5 Å². The maximum absolute atomic E-state index is 13.6. The Morgan fingerprint density at radius 2 is 1.67 bits per heavy atom. The van der Waals surface area contributed by atoms with Gasteiger partial charge in [0.05, 0.1) is 30.9 Å². The van der Waals surface area contributed by atoms with E-state index < -0.39 is 17.3 Å². The monoisotopic (exact) mass is 481 g/mol. The molecule has 0 saturated carbocycles. The van der Waals surface area contributed by atoms with Crippen LogP contribution in [-0.2, 0) is 11.7 Å². The molecule has 1 heterocycles. The fourth-order valence-electron chi connectivity index (χ4n) is 2.92. The van der Waals surface area contributed by atoms with Crippen molar-refractivity contribution in [1.29, 1.82) is 0 Å². The quantitative estimate of drug-likeness (QED) is 0.374. The number of alkyl halides is 3. The molecule has 178 valence electrons. The van der Waals surface area contributed by atoms with Crippen molar-refractivity contribution in [3.63, 3.8) is 0 Å². The van der Waals surface area contributed by atoms with Crippen molar-refractivity contribution in [2.45, 2.75) is 37.9 Å². The van der Waals surface area contributed by atoms with Gasteiger partial charge in [0.1, 0.15) is 21.5 Å². The molecule has 33 heavy (non-hydrogen) atoms. The highest BCUT2D eigenvalue weighted by molar-refractivity contribution is 7.14. The van der Waals surface area contributed by atoms with Gasteiger partial charge < -0.3 is 20.3 Å². The number of unbranched alkanes of at least 4 members (excludes halogenated alkanes) is 2. The summed E-state index contributed by atoms with van der Waals surface area (Å²) in [5.41, 5.74) is 4.20. The van der Waals surface area contributed by atoms with Gasteiger partial charge in [-0.1, -0.05) is 29.5 Å². The molecule has 10 heteroatoms. The van der Waals surface area contributed by atoms with E-state index in [1.807, 2.05) is 30.3 Å². The predicted molar refractivity (Wildman–Crippen MR) is 120 cm³/mol. The summed E-state index contributed by atoms with van der Waals surface area (Å²) >= 11 is 1.04. The first-order chi connectivity index (χ1) is 15.7.